The first-order valence-corrected chi connectivity index (χ1v) is 7.77. The number of hydrogen-bond acceptors (Lipinski definition) is 4. The molecule has 4 heteroatoms. The first-order valence-electron chi connectivity index (χ1n) is 7.77. The highest BCUT2D eigenvalue weighted by Crippen LogP contribution is 2.25. The number of aromatic nitrogens is 1. The van der Waals surface area contributed by atoms with Gasteiger partial charge in [0.15, 0.2) is 0 Å². The van der Waals surface area contributed by atoms with Crippen LogP contribution in [0.5, 0.6) is 0 Å². The summed E-state index contributed by atoms with van der Waals surface area (Å²) in [6, 6.07) is 4.80. The van der Waals surface area contributed by atoms with E-state index in [0.29, 0.717) is 6.04 Å². The molecule has 1 fully saturated rings. The van der Waals surface area contributed by atoms with E-state index in [4.69, 9.17) is 0 Å². The number of aliphatic hydroxyl groups is 1. The van der Waals surface area contributed by atoms with Gasteiger partial charge in [0.25, 0.3) is 0 Å². The summed E-state index contributed by atoms with van der Waals surface area (Å²) in [5.74, 6) is 1.04. The Bertz CT molecular complexity index is 408. The average Bonchev–Trinajstić information content (AvgIpc) is 2.70. The highest BCUT2D eigenvalue weighted by atomic mass is 16.3. The Hall–Kier alpha value is -1.13. The number of aliphatic hydroxyl groups excluding tert-OH is 1. The minimum Gasteiger partial charge on any atom is -0.394 e. The Morgan fingerprint density at radius 1 is 1.40 bits per heavy atom. The quantitative estimate of drug-likeness (QED) is 0.867. The van der Waals surface area contributed by atoms with Crippen LogP contribution in [0.2, 0.25) is 0 Å². The zero-order valence-electron chi connectivity index (χ0n) is 12.7. The van der Waals surface area contributed by atoms with Gasteiger partial charge in [-0.25, -0.2) is 4.98 Å². The van der Waals surface area contributed by atoms with Crippen molar-refractivity contribution in [1.29, 1.82) is 0 Å². The van der Waals surface area contributed by atoms with Gasteiger partial charge in [-0.1, -0.05) is 32.8 Å². The normalized spacial score (nSPS) is 20.2. The molecule has 2 rings (SSSR count). The zero-order valence-corrected chi connectivity index (χ0v) is 12.7. The smallest absolute Gasteiger partial charge is 0.133 e. The first-order chi connectivity index (χ1) is 9.72. The lowest BCUT2D eigenvalue weighted by Gasteiger charge is -2.31. The van der Waals surface area contributed by atoms with Crippen LogP contribution in [0.25, 0.3) is 0 Å². The number of nitrogens with one attached hydrogen (secondary N) is 1. The predicted molar refractivity (Wildman–Crippen MR) is 82.9 cm³/mol. The summed E-state index contributed by atoms with van der Waals surface area (Å²) in [4.78, 5) is 6.90. The molecule has 4 nitrogen and oxygen atoms in total. The summed E-state index contributed by atoms with van der Waals surface area (Å²) < 4.78 is 0. The van der Waals surface area contributed by atoms with E-state index < -0.39 is 0 Å². The Balaban J connectivity index is 2.20. The van der Waals surface area contributed by atoms with Gasteiger partial charge in [0.05, 0.1) is 12.6 Å². The van der Waals surface area contributed by atoms with Gasteiger partial charge < -0.3 is 15.3 Å². The van der Waals surface area contributed by atoms with Gasteiger partial charge in [0, 0.05) is 30.9 Å². The maximum absolute atomic E-state index is 9.67. The second-order valence-electron chi connectivity index (χ2n) is 5.90. The lowest BCUT2D eigenvalue weighted by atomic mass is 10.1. The van der Waals surface area contributed by atoms with Gasteiger partial charge in [0.1, 0.15) is 5.82 Å². The molecule has 0 amide bonds. The van der Waals surface area contributed by atoms with E-state index in [0.717, 1.165) is 25.3 Å². The summed E-state index contributed by atoms with van der Waals surface area (Å²) in [6.45, 7) is 6.34. The lowest BCUT2D eigenvalue weighted by Crippen LogP contribution is -2.39. The molecule has 2 N–H and O–H groups in total. The highest BCUT2D eigenvalue weighted by molar-refractivity contribution is 5.48. The SMILES string of the molecule is CC(C)NCc1cccnc1N1CCCCCC1CO. The largest absolute Gasteiger partial charge is 0.394 e. The van der Waals surface area contributed by atoms with Crippen LogP contribution in [-0.2, 0) is 6.54 Å². The van der Waals surface area contributed by atoms with Gasteiger partial charge in [-0.05, 0) is 18.9 Å². The lowest BCUT2D eigenvalue weighted by molar-refractivity contribution is 0.254. The maximum atomic E-state index is 9.67. The molecule has 1 aliphatic heterocycles. The van der Waals surface area contributed by atoms with Gasteiger partial charge in [-0.3, -0.25) is 0 Å². The average molecular weight is 277 g/mol. The van der Waals surface area contributed by atoms with Crippen molar-refractivity contribution in [3.8, 4) is 0 Å². The molecule has 1 aromatic heterocycles. The van der Waals surface area contributed by atoms with Crippen LogP contribution >= 0.6 is 0 Å². The van der Waals surface area contributed by atoms with Crippen molar-refractivity contribution in [2.75, 3.05) is 18.1 Å². The van der Waals surface area contributed by atoms with E-state index in [9.17, 15) is 5.11 Å². The Morgan fingerprint density at radius 3 is 3.00 bits per heavy atom. The molecular weight excluding hydrogens is 250 g/mol. The number of rotatable bonds is 5. The summed E-state index contributed by atoms with van der Waals surface area (Å²) in [7, 11) is 0. The van der Waals surface area contributed by atoms with Crippen molar-refractivity contribution in [3.63, 3.8) is 0 Å². The monoisotopic (exact) mass is 277 g/mol. The van der Waals surface area contributed by atoms with E-state index in [1.165, 1.54) is 24.8 Å². The van der Waals surface area contributed by atoms with Gasteiger partial charge in [-0.2, -0.15) is 0 Å². The molecule has 0 aromatic carbocycles. The van der Waals surface area contributed by atoms with Crippen molar-refractivity contribution >= 4 is 5.82 Å². The third-order valence-corrected chi connectivity index (χ3v) is 3.93. The molecule has 112 valence electrons. The third kappa shape index (κ3) is 3.93. The van der Waals surface area contributed by atoms with E-state index in [-0.39, 0.29) is 12.6 Å². The summed E-state index contributed by atoms with van der Waals surface area (Å²) in [5.41, 5.74) is 1.22. The topological polar surface area (TPSA) is 48.4 Å². The number of pyridine rings is 1. The first kappa shape index (κ1) is 15.3. The minimum absolute atomic E-state index is 0.213. The molecular formula is C16H27N3O. The second kappa shape index (κ2) is 7.60. The Labute approximate surface area is 122 Å². The van der Waals surface area contributed by atoms with E-state index in [1.807, 2.05) is 12.3 Å². The molecule has 0 aliphatic carbocycles. The number of anilines is 1. The van der Waals surface area contributed by atoms with Crippen LogP contribution in [0.1, 0.15) is 45.1 Å². The third-order valence-electron chi connectivity index (χ3n) is 3.93. The van der Waals surface area contributed by atoms with Crippen LogP contribution in [0.3, 0.4) is 0 Å². The molecule has 0 spiro atoms. The summed E-state index contributed by atoms with van der Waals surface area (Å²) >= 11 is 0. The fraction of sp³-hybridized carbons (Fsp3) is 0.688. The fourth-order valence-corrected chi connectivity index (χ4v) is 2.79. The van der Waals surface area contributed by atoms with E-state index in [2.05, 4.69) is 35.1 Å². The minimum atomic E-state index is 0.213. The van der Waals surface area contributed by atoms with E-state index in [1.54, 1.807) is 0 Å². The predicted octanol–water partition coefficient (Wildman–Crippen LogP) is 2.32. The van der Waals surface area contributed by atoms with Crippen molar-refractivity contribution < 1.29 is 5.11 Å². The van der Waals surface area contributed by atoms with Crippen molar-refractivity contribution in [2.45, 2.75) is 58.2 Å². The molecule has 1 saturated heterocycles. The van der Waals surface area contributed by atoms with Crippen molar-refractivity contribution in [2.24, 2.45) is 0 Å². The molecule has 2 heterocycles. The second-order valence-corrected chi connectivity index (χ2v) is 5.90. The molecule has 0 saturated carbocycles. The summed E-state index contributed by atoms with van der Waals surface area (Å²) in [5, 5.41) is 13.1. The van der Waals surface area contributed by atoms with Crippen molar-refractivity contribution in [3.05, 3.63) is 23.9 Å². The van der Waals surface area contributed by atoms with Gasteiger partial charge >= 0.3 is 0 Å². The Morgan fingerprint density at radius 2 is 2.25 bits per heavy atom. The standard InChI is InChI=1S/C16H27N3O/c1-13(2)18-11-14-7-6-9-17-16(14)19-10-5-3-4-8-15(19)12-20/h6-7,9,13,15,18,20H,3-5,8,10-12H2,1-2H3. The van der Waals surface area contributed by atoms with E-state index >= 15 is 0 Å². The molecule has 0 bridgehead atoms. The summed E-state index contributed by atoms with van der Waals surface area (Å²) in [6.07, 6.45) is 6.55. The van der Waals surface area contributed by atoms with Crippen LogP contribution in [-0.4, -0.2) is 35.3 Å². The number of hydrogen-bond donors (Lipinski definition) is 2. The fourth-order valence-electron chi connectivity index (χ4n) is 2.79. The molecule has 1 unspecified atom stereocenters. The van der Waals surface area contributed by atoms with Crippen LogP contribution in [0.4, 0.5) is 5.82 Å². The maximum Gasteiger partial charge on any atom is 0.133 e. The van der Waals surface area contributed by atoms with Crippen LogP contribution in [0.15, 0.2) is 18.3 Å². The van der Waals surface area contributed by atoms with Crippen LogP contribution in [0, 0.1) is 0 Å². The van der Waals surface area contributed by atoms with Gasteiger partial charge in [-0.15, -0.1) is 0 Å². The molecule has 0 radical (unpaired) electrons. The highest BCUT2D eigenvalue weighted by Gasteiger charge is 2.23. The molecule has 20 heavy (non-hydrogen) atoms. The van der Waals surface area contributed by atoms with Crippen LogP contribution < -0.4 is 10.2 Å². The molecule has 1 atom stereocenters. The van der Waals surface area contributed by atoms with Gasteiger partial charge in [0.2, 0.25) is 0 Å². The Kier molecular flexibility index (Phi) is 5.80. The number of nitrogens with zero attached hydrogens (tertiary/aromatic N) is 2. The zero-order chi connectivity index (χ0) is 14.4. The van der Waals surface area contributed by atoms with Crippen molar-refractivity contribution in [1.82, 2.24) is 10.3 Å². The molecule has 1 aliphatic rings. The molecule has 1 aromatic rings.